The highest BCUT2D eigenvalue weighted by atomic mass is 19.4. The van der Waals surface area contributed by atoms with E-state index < -0.39 is 42.7 Å². The summed E-state index contributed by atoms with van der Waals surface area (Å²) >= 11 is 0. The number of alkyl halides is 11. The van der Waals surface area contributed by atoms with E-state index in [2.05, 4.69) is 0 Å². The van der Waals surface area contributed by atoms with Gasteiger partial charge in [0.05, 0.1) is 6.10 Å². The zero-order valence-corrected chi connectivity index (χ0v) is 20.8. The highest BCUT2D eigenvalue weighted by Gasteiger charge is 2.86. The van der Waals surface area contributed by atoms with Gasteiger partial charge in [0, 0.05) is 26.2 Å². The first-order chi connectivity index (χ1) is 17.1. The minimum atomic E-state index is -7.31. The quantitative estimate of drug-likeness (QED) is 0.108. The molecule has 13 heteroatoms. The molecular formula is C24H37F11O2. The van der Waals surface area contributed by atoms with Crippen molar-refractivity contribution in [1.82, 2.24) is 0 Å². The Kier molecular flexibility index (Phi) is 13.9. The maximum absolute atomic E-state index is 13.6. The smallest absolute Gasteiger partial charge is 0.381 e. The zero-order valence-electron chi connectivity index (χ0n) is 20.8. The fourth-order valence-electron chi connectivity index (χ4n) is 4.09. The van der Waals surface area contributed by atoms with Crippen molar-refractivity contribution in [1.29, 1.82) is 0 Å². The summed E-state index contributed by atoms with van der Waals surface area (Å²) in [6.07, 6.45) is 1.12. The molecule has 37 heavy (non-hydrogen) atoms. The van der Waals surface area contributed by atoms with E-state index in [-0.39, 0.29) is 6.42 Å². The predicted octanol–water partition coefficient (Wildman–Crippen LogP) is 9.36. The molecule has 0 aromatic rings. The van der Waals surface area contributed by atoms with E-state index in [9.17, 15) is 48.3 Å². The van der Waals surface area contributed by atoms with Gasteiger partial charge in [-0.25, -0.2) is 0 Å². The van der Waals surface area contributed by atoms with Crippen LogP contribution in [0.1, 0.15) is 96.3 Å². The van der Waals surface area contributed by atoms with E-state index in [1.54, 1.807) is 0 Å². The summed E-state index contributed by atoms with van der Waals surface area (Å²) in [6, 6.07) is 0. The Balaban J connectivity index is 2.08. The zero-order chi connectivity index (χ0) is 28.2. The molecule has 1 unspecified atom stereocenters. The Morgan fingerprint density at radius 2 is 1.05 bits per heavy atom. The molecule has 0 aromatic carbocycles. The average Bonchev–Trinajstić information content (AvgIpc) is 3.31. The van der Waals surface area contributed by atoms with E-state index in [0.29, 0.717) is 32.2 Å². The fraction of sp³-hybridized carbons (Fsp3) is 1.00. The number of rotatable bonds is 20. The van der Waals surface area contributed by atoms with Gasteiger partial charge in [0.2, 0.25) is 0 Å². The van der Waals surface area contributed by atoms with Crippen LogP contribution in [0.15, 0.2) is 0 Å². The fourth-order valence-corrected chi connectivity index (χ4v) is 4.09. The van der Waals surface area contributed by atoms with Gasteiger partial charge in [-0.1, -0.05) is 57.8 Å². The normalized spacial score (nSPS) is 18.1. The molecule has 0 bridgehead atoms. The number of unbranched alkanes of at least 4 members (excludes halogenated alkanes) is 10. The molecule has 1 fully saturated rings. The van der Waals surface area contributed by atoms with Gasteiger partial charge in [-0.15, -0.1) is 0 Å². The van der Waals surface area contributed by atoms with Crippen LogP contribution in [0.25, 0.3) is 0 Å². The Morgan fingerprint density at radius 1 is 0.568 bits per heavy atom. The maximum Gasteiger partial charge on any atom is 0.460 e. The van der Waals surface area contributed by atoms with Crippen LogP contribution >= 0.6 is 0 Å². The second-order valence-electron chi connectivity index (χ2n) is 9.60. The summed E-state index contributed by atoms with van der Waals surface area (Å²) in [5.74, 6) is -27.2. The SMILES string of the molecule is FC(F)(F)C(F)(F)C(F)(F)C(F)(F)C(F)(F)CCCCCCCCCCCCCOCCC1CCCO1. The third kappa shape index (κ3) is 10.0. The van der Waals surface area contributed by atoms with Crippen LogP contribution in [0.2, 0.25) is 0 Å². The number of halogens is 11. The molecule has 2 nitrogen and oxygen atoms in total. The molecule has 0 aliphatic carbocycles. The van der Waals surface area contributed by atoms with Crippen LogP contribution in [0, 0.1) is 0 Å². The average molecular weight is 567 g/mol. The summed E-state index contributed by atoms with van der Waals surface area (Å²) in [7, 11) is 0. The van der Waals surface area contributed by atoms with Gasteiger partial charge in [-0.2, -0.15) is 48.3 Å². The molecule has 0 radical (unpaired) electrons. The minimum absolute atomic E-state index is 0.0697. The van der Waals surface area contributed by atoms with Gasteiger partial charge < -0.3 is 9.47 Å². The lowest BCUT2D eigenvalue weighted by atomic mass is 9.94. The van der Waals surface area contributed by atoms with Crippen LogP contribution in [0.4, 0.5) is 48.3 Å². The summed E-state index contributed by atoms with van der Waals surface area (Å²) in [5.41, 5.74) is 0. The number of hydrogen-bond acceptors (Lipinski definition) is 2. The molecule has 1 saturated heterocycles. The van der Waals surface area contributed by atoms with E-state index in [1.165, 1.54) is 0 Å². The van der Waals surface area contributed by atoms with E-state index in [1.807, 2.05) is 0 Å². The summed E-state index contributed by atoms with van der Waals surface area (Å²) in [4.78, 5) is 0. The topological polar surface area (TPSA) is 18.5 Å². The number of hydrogen-bond donors (Lipinski definition) is 0. The molecule has 0 aromatic heterocycles. The number of ether oxygens (including phenoxy) is 2. The monoisotopic (exact) mass is 566 g/mol. The van der Waals surface area contributed by atoms with Crippen LogP contribution in [0.3, 0.4) is 0 Å². The van der Waals surface area contributed by atoms with Crippen molar-refractivity contribution in [2.75, 3.05) is 19.8 Å². The Hall–Kier alpha value is -0.850. The Morgan fingerprint density at radius 3 is 1.51 bits per heavy atom. The highest BCUT2D eigenvalue weighted by molar-refractivity contribution is 5.06. The second-order valence-corrected chi connectivity index (χ2v) is 9.60. The van der Waals surface area contributed by atoms with Crippen LogP contribution < -0.4 is 0 Å². The van der Waals surface area contributed by atoms with Gasteiger partial charge in [0.1, 0.15) is 0 Å². The molecule has 1 aliphatic heterocycles. The van der Waals surface area contributed by atoms with Crippen LogP contribution in [0.5, 0.6) is 0 Å². The van der Waals surface area contributed by atoms with Gasteiger partial charge >= 0.3 is 29.9 Å². The van der Waals surface area contributed by atoms with Crippen LogP contribution in [-0.4, -0.2) is 55.8 Å². The third-order valence-corrected chi connectivity index (χ3v) is 6.49. The van der Waals surface area contributed by atoms with Crippen molar-refractivity contribution in [2.45, 2.75) is 132 Å². The molecule has 0 spiro atoms. The van der Waals surface area contributed by atoms with Crippen molar-refractivity contribution < 1.29 is 57.8 Å². The van der Waals surface area contributed by atoms with Gasteiger partial charge in [-0.05, 0) is 32.1 Å². The van der Waals surface area contributed by atoms with E-state index in [0.717, 1.165) is 70.8 Å². The second kappa shape index (κ2) is 15.1. The minimum Gasteiger partial charge on any atom is -0.381 e. The summed E-state index contributed by atoms with van der Waals surface area (Å²) in [5, 5.41) is 0. The first kappa shape index (κ1) is 34.2. The van der Waals surface area contributed by atoms with Crippen molar-refractivity contribution in [3.05, 3.63) is 0 Å². The molecule has 0 saturated carbocycles. The summed E-state index contributed by atoms with van der Waals surface area (Å²) < 4.78 is 153. The first-order valence-corrected chi connectivity index (χ1v) is 12.9. The molecular weight excluding hydrogens is 529 g/mol. The Labute approximate surface area is 210 Å². The van der Waals surface area contributed by atoms with Gasteiger partial charge in [-0.3, -0.25) is 0 Å². The van der Waals surface area contributed by atoms with Crippen molar-refractivity contribution >= 4 is 0 Å². The standard InChI is InChI=1S/C24H37F11O2/c25-20(26,21(27,28)22(29,30)23(31,32)24(33,34)35)15-10-8-6-4-2-1-3-5-7-9-11-16-36-18-14-19-13-12-17-37-19/h19H,1-18H2. The Bertz CT molecular complexity index is 618. The molecule has 0 N–H and O–H groups in total. The van der Waals surface area contributed by atoms with Gasteiger partial charge in [0.15, 0.2) is 0 Å². The molecule has 1 heterocycles. The molecule has 222 valence electrons. The lowest BCUT2D eigenvalue weighted by Gasteiger charge is -2.37. The third-order valence-electron chi connectivity index (χ3n) is 6.49. The highest BCUT2D eigenvalue weighted by Crippen LogP contribution is 2.58. The van der Waals surface area contributed by atoms with E-state index >= 15 is 0 Å². The largest absolute Gasteiger partial charge is 0.460 e. The van der Waals surface area contributed by atoms with Gasteiger partial charge in [0.25, 0.3) is 0 Å². The van der Waals surface area contributed by atoms with Crippen molar-refractivity contribution in [3.63, 3.8) is 0 Å². The summed E-state index contributed by atoms with van der Waals surface area (Å²) in [6.45, 7) is 2.24. The molecule has 0 amide bonds. The van der Waals surface area contributed by atoms with Crippen molar-refractivity contribution in [3.8, 4) is 0 Å². The molecule has 1 aliphatic rings. The lowest BCUT2D eigenvalue weighted by molar-refractivity contribution is -0.422. The van der Waals surface area contributed by atoms with E-state index in [4.69, 9.17) is 9.47 Å². The first-order valence-electron chi connectivity index (χ1n) is 12.9. The molecule has 1 atom stereocenters. The van der Waals surface area contributed by atoms with Crippen molar-refractivity contribution in [2.24, 2.45) is 0 Å². The van der Waals surface area contributed by atoms with Crippen LogP contribution in [-0.2, 0) is 9.47 Å². The predicted molar refractivity (Wildman–Crippen MR) is 116 cm³/mol. The maximum atomic E-state index is 13.6. The lowest BCUT2D eigenvalue weighted by Crippen LogP contribution is -2.66. The molecule has 1 rings (SSSR count).